The van der Waals surface area contributed by atoms with Crippen molar-refractivity contribution >= 4 is 11.8 Å². The number of benzene rings is 1. The molecule has 130 valence electrons. The molecule has 2 heterocycles. The second kappa shape index (κ2) is 5.29. The van der Waals surface area contributed by atoms with Gasteiger partial charge in [0.15, 0.2) is 6.10 Å². The van der Waals surface area contributed by atoms with E-state index in [1.807, 2.05) is 46.8 Å². The molecule has 2 amide bonds. The monoisotopic (exact) mass is 332 g/mol. The second-order valence-corrected chi connectivity index (χ2v) is 7.73. The largest absolute Gasteiger partial charge is 0.507 e. The number of likely N-dealkylation sites (N-methyl/N-ethyl adjacent to an activating group) is 1. The number of carbonyl (C=O) groups excluding carboxylic acids is 2. The molecule has 2 fully saturated rings. The average Bonchev–Trinajstić information content (AvgIpc) is 2.98. The van der Waals surface area contributed by atoms with Gasteiger partial charge in [0.05, 0.1) is 12.0 Å². The van der Waals surface area contributed by atoms with Gasteiger partial charge in [-0.25, -0.2) is 0 Å². The lowest BCUT2D eigenvalue weighted by Crippen LogP contribution is -2.44. The van der Waals surface area contributed by atoms with Crippen molar-refractivity contribution in [2.75, 3.05) is 7.05 Å². The summed E-state index contributed by atoms with van der Waals surface area (Å²) in [5.74, 6) is -0.827. The number of aryl methyl sites for hydroxylation is 2. The van der Waals surface area contributed by atoms with Gasteiger partial charge >= 0.3 is 0 Å². The standard InChI is InChI=1S/C18H24N2O4/c1-9-7-11(8-10(2)14(9)21)13-12-15(17(23)19(6)16(12)22)24-20(13)18(3,4)5/h7-8,12-13,15,21H,1-6H3. The summed E-state index contributed by atoms with van der Waals surface area (Å²) in [4.78, 5) is 32.1. The van der Waals surface area contributed by atoms with Crippen LogP contribution in [0.1, 0.15) is 43.5 Å². The predicted molar refractivity (Wildman–Crippen MR) is 88.1 cm³/mol. The highest BCUT2D eigenvalue weighted by Crippen LogP contribution is 2.48. The number of hydrogen-bond donors (Lipinski definition) is 1. The molecule has 2 saturated heterocycles. The van der Waals surface area contributed by atoms with Gasteiger partial charge in [-0.1, -0.05) is 12.1 Å². The van der Waals surface area contributed by atoms with E-state index in [2.05, 4.69) is 0 Å². The van der Waals surface area contributed by atoms with Crippen LogP contribution in [0.3, 0.4) is 0 Å². The first-order valence-electron chi connectivity index (χ1n) is 8.11. The maximum absolute atomic E-state index is 12.6. The van der Waals surface area contributed by atoms with E-state index in [0.29, 0.717) is 0 Å². The molecule has 1 aromatic rings. The van der Waals surface area contributed by atoms with Crippen LogP contribution < -0.4 is 0 Å². The number of likely N-dealkylation sites (tertiary alicyclic amines) is 1. The van der Waals surface area contributed by atoms with E-state index >= 15 is 0 Å². The topological polar surface area (TPSA) is 70.1 Å². The Bertz CT molecular complexity index is 699. The van der Waals surface area contributed by atoms with Gasteiger partial charge in [-0.2, -0.15) is 5.06 Å². The summed E-state index contributed by atoms with van der Waals surface area (Å²) in [5.41, 5.74) is 1.98. The van der Waals surface area contributed by atoms with E-state index in [1.165, 1.54) is 7.05 Å². The minimum absolute atomic E-state index is 0.217. The lowest BCUT2D eigenvalue weighted by Gasteiger charge is -2.36. The Labute approximate surface area is 142 Å². The third-order valence-corrected chi connectivity index (χ3v) is 4.85. The van der Waals surface area contributed by atoms with Crippen molar-refractivity contribution in [2.45, 2.75) is 52.3 Å². The molecule has 2 aliphatic heterocycles. The third kappa shape index (κ3) is 2.32. The molecule has 2 aliphatic rings. The Morgan fingerprint density at radius 3 is 2.12 bits per heavy atom. The maximum atomic E-state index is 12.6. The molecule has 0 spiro atoms. The Morgan fingerprint density at radius 1 is 1.08 bits per heavy atom. The molecule has 0 aliphatic carbocycles. The van der Waals surface area contributed by atoms with Crippen molar-refractivity contribution in [3.8, 4) is 5.75 Å². The quantitative estimate of drug-likeness (QED) is 0.797. The predicted octanol–water partition coefficient (Wildman–Crippen LogP) is 2.08. The molecule has 0 saturated carbocycles. The molecule has 6 heteroatoms. The Balaban J connectivity index is 2.14. The van der Waals surface area contributed by atoms with Gasteiger partial charge in [-0.05, 0) is 51.3 Å². The minimum Gasteiger partial charge on any atom is -0.507 e. The SMILES string of the molecule is Cc1cc(C2C3C(=O)N(C)C(=O)C3ON2C(C)(C)C)cc(C)c1O. The Kier molecular flexibility index (Phi) is 3.73. The summed E-state index contributed by atoms with van der Waals surface area (Å²) in [6, 6.07) is 3.37. The smallest absolute Gasteiger partial charge is 0.261 e. The van der Waals surface area contributed by atoms with Crippen LogP contribution in [0.4, 0.5) is 0 Å². The van der Waals surface area contributed by atoms with Gasteiger partial charge < -0.3 is 5.11 Å². The second-order valence-electron chi connectivity index (χ2n) is 7.73. The van der Waals surface area contributed by atoms with Gasteiger partial charge in [0.1, 0.15) is 5.75 Å². The molecule has 3 atom stereocenters. The van der Waals surface area contributed by atoms with E-state index in [1.54, 1.807) is 5.06 Å². The number of aromatic hydroxyl groups is 1. The molecule has 6 nitrogen and oxygen atoms in total. The van der Waals surface area contributed by atoms with Crippen LogP contribution in [0.15, 0.2) is 12.1 Å². The van der Waals surface area contributed by atoms with Crippen LogP contribution in [0.2, 0.25) is 0 Å². The molecule has 0 bridgehead atoms. The van der Waals surface area contributed by atoms with Crippen LogP contribution in [-0.2, 0) is 14.4 Å². The van der Waals surface area contributed by atoms with Crippen molar-refractivity contribution < 1.29 is 19.5 Å². The molecule has 3 unspecified atom stereocenters. The van der Waals surface area contributed by atoms with Crippen LogP contribution >= 0.6 is 0 Å². The number of phenols is 1. The summed E-state index contributed by atoms with van der Waals surface area (Å²) in [6.45, 7) is 9.61. The van der Waals surface area contributed by atoms with Crippen LogP contribution in [-0.4, -0.2) is 45.6 Å². The fourth-order valence-electron chi connectivity index (χ4n) is 3.63. The molecular formula is C18H24N2O4. The molecule has 24 heavy (non-hydrogen) atoms. The lowest BCUT2D eigenvalue weighted by molar-refractivity contribution is -0.215. The zero-order chi connectivity index (χ0) is 18.0. The van der Waals surface area contributed by atoms with Gasteiger partial charge in [0, 0.05) is 12.6 Å². The van der Waals surface area contributed by atoms with E-state index in [4.69, 9.17) is 4.84 Å². The molecule has 0 aromatic heterocycles. The number of hydroxylamine groups is 2. The lowest BCUT2D eigenvalue weighted by atomic mass is 9.87. The van der Waals surface area contributed by atoms with Crippen molar-refractivity contribution in [1.82, 2.24) is 9.96 Å². The summed E-state index contributed by atoms with van der Waals surface area (Å²) in [7, 11) is 1.50. The summed E-state index contributed by atoms with van der Waals surface area (Å²) < 4.78 is 0. The van der Waals surface area contributed by atoms with Crippen molar-refractivity contribution in [2.24, 2.45) is 5.92 Å². The minimum atomic E-state index is -0.777. The van der Waals surface area contributed by atoms with Crippen LogP contribution in [0.5, 0.6) is 5.75 Å². The zero-order valence-corrected chi connectivity index (χ0v) is 15.0. The zero-order valence-electron chi connectivity index (χ0n) is 15.0. The van der Waals surface area contributed by atoms with Gasteiger partial charge in [-0.3, -0.25) is 19.3 Å². The number of hydrogen-bond acceptors (Lipinski definition) is 5. The number of amides is 2. The fraction of sp³-hybridized carbons (Fsp3) is 0.556. The van der Waals surface area contributed by atoms with Crippen molar-refractivity contribution in [1.29, 1.82) is 0 Å². The molecule has 1 N–H and O–H groups in total. The Hall–Kier alpha value is -1.92. The Morgan fingerprint density at radius 2 is 1.62 bits per heavy atom. The molecule has 0 radical (unpaired) electrons. The average molecular weight is 332 g/mol. The molecule has 1 aromatic carbocycles. The summed E-state index contributed by atoms with van der Waals surface area (Å²) in [5, 5.41) is 11.8. The first-order chi connectivity index (χ1) is 11.0. The summed E-state index contributed by atoms with van der Waals surface area (Å²) >= 11 is 0. The number of imide groups is 1. The molecular weight excluding hydrogens is 308 g/mol. The summed E-state index contributed by atoms with van der Waals surface area (Å²) in [6.07, 6.45) is -0.777. The van der Waals surface area contributed by atoms with Crippen LogP contribution in [0, 0.1) is 19.8 Å². The number of phenolic OH excluding ortho intramolecular Hbond substituents is 1. The number of fused-ring (bicyclic) bond motifs is 1. The van der Waals surface area contributed by atoms with E-state index in [0.717, 1.165) is 21.6 Å². The highest BCUT2D eigenvalue weighted by atomic mass is 16.7. The van der Waals surface area contributed by atoms with Gasteiger partial charge in [0.2, 0.25) is 5.91 Å². The number of carbonyl (C=O) groups is 2. The molecule has 3 rings (SSSR count). The number of nitrogens with zero attached hydrogens (tertiary/aromatic N) is 2. The number of rotatable bonds is 1. The van der Waals surface area contributed by atoms with Crippen molar-refractivity contribution in [3.05, 3.63) is 28.8 Å². The normalized spacial score (nSPS) is 27.9. The van der Waals surface area contributed by atoms with E-state index in [-0.39, 0.29) is 29.1 Å². The van der Waals surface area contributed by atoms with Crippen LogP contribution in [0.25, 0.3) is 0 Å². The van der Waals surface area contributed by atoms with E-state index < -0.39 is 12.0 Å². The van der Waals surface area contributed by atoms with E-state index in [9.17, 15) is 14.7 Å². The third-order valence-electron chi connectivity index (χ3n) is 4.85. The highest BCUT2D eigenvalue weighted by molar-refractivity contribution is 6.07. The van der Waals surface area contributed by atoms with Gasteiger partial charge in [-0.15, -0.1) is 0 Å². The fourth-order valence-corrected chi connectivity index (χ4v) is 3.63. The van der Waals surface area contributed by atoms with Crippen molar-refractivity contribution in [3.63, 3.8) is 0 Å². The van der Waals surface area contributed by atoms with Gasteiger partial charge in [0.25, 0.3) is 5.91 Å². The first kappa shape index (κ1) is 16.9. The first-order valence-corrected chi connectivity index (χ1v) is 8.11. The maximum Gasteiger partial charge on any atom is 0.261 e. The highest BCUT2D eigenvalue weighted by Gasteiger charge is 2.60.